The molecule has 1 N–H and O–H groups in total. The first-order valence-electron chi connectivity index (χ1n) is 7.05. The van der Waals surface area contributed by atoms with Crippen LogP contribution in [-0.2, 0) is 16.1 Å². The zero-order chi connectivity index (χ0) is 15.4. The van der Waals surface area contributed by atoms with Crippen molar-refractivity contribution in [2.24, 2.45) is 0 Å². The van der Waals surface area contributed by atoms with Crippen molar-refractivity contribution < 1.29 is 19.4 Å². The van der Waals surface area contributed by atoms with E-state index in [9.17, 15) is 4.79 Å². The lowest BCUT2D eigenvalue weighted by atomic mass is 10.1. The van der Waals surface area contributed by atoms with E-state index in [0.29, 0.717) is 19.8 Å². The van der Waals surface area contributed by atoms with Gasteiger partial charge in [-0.1, -0.05) is 0 Å². The molecule has 1 atom stereocenters. The van der Waals surface area contributed by atoms with Crippen LogP contribution >= 0.6 is 0 Å². The topological polar surface area (TPSA) is 71.9 Å². The third-order valence-corrected chi connectivity index (χ3v) is 3.86. The Morgan fingerprint density at radius 2 is 2.33 bits per heavy atom. The number of carboxylic acid groups (broad SMARTS) is 1. The quantitative estimate of drug-likeness (QED) is 0.884. The number of carbonyl (C=O) groups is 1. The maximum Gasteiger partial charge on any atom is 0.305 e. The minimum Gasteiger partial charge on any atom is -0.496 e. The van der Waals surface area contributed by atoms with Crippen molar-refractivity contribution in [3.63, 3.8) is 0 Å². The Morgan fingerprint density at radius 3 is 3.00 bits per heavy atom. The van der Waals surface area contributed by atoms with Crippen LogP contribution in [0.4, 0.5) is 0 Å². The molecule has 0 spiro atoms. The van der Waals surface area contributed by atoms with Crippen LogP contribution in [0.1, 0.15) is 23.2 Å². The number of aryl methyl sites for hydroxylation is 1. The lowest BCUT2D eigenvalue weighted by Gasteiger charge is -2.34. The molecule has 1 unspecified atom stereocenters. The Bertz CT molecular complexity index is 519. The highest BCUT2D eigenvalue weighted by Gasteiger charge is 2.26. The number of rotatable bonds is 5. The fraction of sp³-hybridized carbons (Fsp3) is 0.600. The number of methoxy groups -OCH3 is 1. The Hall–Kier alpha value is -1.66. The van der Waals surface area contributed by atoms with Gasteiger partial charge in [0.25, 0.3) is 0 Å². The Labute approximate surface area is 124 Å². The molecule has 2 heterocycles. The van der Waals surface area contributed by atoms with E-state index >= 15 is 0 Å². The molecule has 6 heteroatoms. The Balaban J connectivity index is 2.17. The molecular weight excluding hydrogens is 272 g/mol. The van der Waals surface area contributed by atoms with Crippen LogP contribution in [0, 0.1) is 13.8 Å². The number of carboxylic acids is 1. The van der Waals surface area contributed by atoms with Gasteiger partial charge in [0.15, 0.2) is 0 Å². The highest BCUT2D eigenvalue weighted by atomic mass is 16.5. The minimum absolute atomic E-state index is 0.0854. The standard InChI is InChI=1S/C15H22N2O4/c1-10-7-16-13(11(2)15(10)20-3)8-17-4-5-21-9-12(17)6-14(18)19/h7,12H,4-6,8-9H2,1-3H3,(H,18,19). The summed E-state index contributed by atoms with van der Waals surface area (Å²) >= 11 is 0. The predicted octanol–water partition coefficient (Wildman–Crippen LogP) is 1.38. The van der Waals surface area contributed by atoms with Crippen LogP contribution < -0.4 is 4.74 Å². The molecule has 116 valence electrons. The summed E-state index contributed by atoms with van der Waals surface area (Å²) in [5.74, 6) is 0.0460. The molecule has 2 rings (SSSR count). The van der Waals surface area contributed by atoms with E-state index in [2.05, 4.69) is 9.88 Å². The molecule has 0 amide bonds. The average Bonchev–Trinajstić information content (AvgIpc) is 2.44. The minimum atomic E-state index is -0.804. The smallest absolute Gasteiger partial charge is 0.305 e. The number of ether oxygens (including phenoxy) is 2. The SMILES string of the molecule is COc1c(C)cnc(CN2CCOCC2CC(=O)O)c1C. The maximum atomic E-state index is 11.0. The second-order valence-corrected chi connectivity index (χ2v) is 5.34. The first-order valence-corrected chi connectivity index (χ1v) is 7.05. The molecule has 0 bridgehead atoms. The van der Waals surface area contributed by atoms with Crippen molar-refractivity contribution in [2.75, 3.05) is 26.9 Å². The van der Waals surface area contributed by atoms with Crippen LogP contribution in [0.2, 0.25) is 0 Å². The van der Waals surface area contributed by atoms with Gasteiger partial charge in [0, 0.05) is 36.5 Å². The van der Waals surface area contributed by atoms with Gasteiger partial charge in [-0.05, 0) is 13.8 Å². The Kier molecular flexibility index (Phi) is 5.14. The Morgan fingerprint density at radius 1 is 1.57 bits per heavy atom. The normalized spacial score (nSPS) is 19.5. The summed E-state index contributed by atoms with van der Waals surface area (Å²) in [5.41, 5.74) is 2.94. The second-order valence-electron chi connectivity index (χ2n) is 5.34. The van der Waals surface area contributed by atoms with Crippen LogP contribution in [0.3, 0.4) is 0 Å². The van der Waals surface area contributed by atoms with Gasteiger partial charge < -0.3 is 14.6 Å². The van der Waals surface area contributed by atoms with Gasteiger partial charge in [-0.25, -0.2) is 0 Å². The lowest BCUT2D eigenvalue weighted by Crippen LogP contribution is -2.46. The summed E-state index contributed by atoms with van der Waals surface area (Å²) in [5, 5.41) is 9.00. The van der Waals surface area contributed by atoms with Gasteiger partial charge >= 0.3 is 5.97 Å². The van der Waals surface area contributed by atoms with Crippen molar-refractivity contribution in [2.45, 2.75) is 32.9 Å². The van der Waals surface area contributed by atoms with E-state index in [4.69, 9.17) is 14.6 Å². The number of aliphatic carboxylic acids is 1. The van der Waals surface area contributed by atoms with Crippen molar-refractivity contribution >= 4 is 5.97 Å². The van der Waals surface area contributed by atoms with E-state index in [1.807, 2.05) is 13.8 Å². The zero-order valence-electron chi connectivity index (χ0n) is 12.8. The average molecular weight is 294 g/mol. The van der Waals surface area contributed by atoms with E-state index in [1.165, 1.54) is 0 Å². The lowest BCUT2D eigenvalue weighted by molar-refractivity contribution is -0.140. The fourth-order valence-corrected chi connectivity index (χ4v) is 2.71. The monoisotopic (exact) mass is 294 g/mol. The number of hydrogen-bond acceptors (Lipinski definition) is 5. The highest BCUT2D eigenvalue weighted by Crippen LogP contribution is 2.25. The van der Waals surface area contributed by atoms with Crippen LogP contribution in [0.15, 0.2) is 6.20 Å². The molecule has 1 aromatic rings. The van der Waals surface area contributed by atoms with Crippen molar-refractivity contribution in [3.05, 3.63) is 23.0 Å². The van der Waals surface area contributed by atoms with Crippen LogP contribution in [-0.4, -0.2) is 53.9 Å². The molecule has 0 aliphatic carbocycles. The summed E-state index contributed by atoms with van der Waals surface area (Å²) < 4.78 is 10.8. The summed E-state index contributed by atoms with van der Waals surface area (Å²) in [6.45, 7) is 6.36. The van der Waals surface area contributed by atoms with E-state index in [1.54, 1.807) is 13.3 Å². The number of nitrogens with zero attached hydrogens (tertiary/aromatic N) is 2. The first kappa shape index (κ1) is 15.7. The molecule has 0 saturated carbocycles. The van der Waals surface area contributed by atoms with Crippen molar-refractivity contribution in [1.82, 2.24) is 9.88 Å². The number of pyridine rings is 1. The summed E-state index contributed by atoms with van der Waals surface area (Å²) in [6.07, 6.45) is 1.88. The second kappa shape index (κ2) is 6.87. The van der Waals surface area contributed by atoms with E-state index in [-0.39, 0.29) is 12.5 Å². The van der Waals surface area contributed by atoms with Crippen LogP contribution in [0.25, 0.3) is 0 Å². The summed E-state index contributed by atoms with van der Waals surface area (Å²) in [7, 11) is 1.65. The third-order valence-electron chi connectivity index (χ3n) is 3.86. The van der Waals surface area contributed by atoms with Gasteiger partial charge in [0.2, 0.25) is 0 Å². The molecule has 21 heavy (non-hydrogen) atoms. The van der Waals surface area contributed by atoms with E-state index < -0.39 is 5.97 Å². The number of morpholine rings is 1. The molecule has 0 aromatic carbocycles. The fourth-order valence-electron chi connectivity index (χ4n) is 2.71. The van der Waals surface area contributed by atoms with Gasteiger partial charge in [0.05, 0.1) is 32.4 Å². The molecule has 0 radical (unpaired) electrons. The number of hydrogen-bond donors (Lipinski definition) is 1. The molecule has 1 fully saturated rings. The van der Waals surface area contributed by atoms with Gasteiger partial charge in [-0.15, -0.1) is 0 Å². The molecule has 6 nitrogen and oxygen atoms in total. The highest BCUT2D eigenvalue weighted by molar-refractivity contribution is 5.67. The van der Waals surface area contributed by atoms with Crippen molar-refractivity contribution in [3.8, 4) is 5.75 Å². The van der Waals surface area contributed by atoms with E-state index in [0.717, 1.165) is 29.1 Å². The van der Waals surface area contributed by atoms with Gasteiger partial charge in [0.1, 0.15) is 5.75 Å². The molecule has 1 aliphatic rings. The summed E-state index contributed by atoms with van der Waals surface area (Å²) in [6, 6.07) is -0.107. The molecule has 1 aliphatic heterocycles. The third kappa shape index (κ3) is 3.71. The molecule has 1 aromatic heterocycles. The zero-order valence-corrected chi connectivity index (χ0v) is 12.8. The van der Waals surface area contributed by atoms with Crippen molar-refractivity contribution in [1.29, 1.82) is 0 Å². The van der Waals surface area contributed by atoms with Gasteiger partial charge in [-0.3, -0.25) is 14.7 Å². The first-order chi connectivity index (χ1) is 10.0. The molecular formula is C15H22N2O4. The number of aromatic nitrogens is 1. The van der Waals surface area contributed by atoms with Gasteiger partial charge in [-0.2, -0.15) is 0 Å². The maximum absolute atomic E-state index is 11.0. The molecule has 1 saturated heterocycles. The predicted molar refractivity (Wildman–Crippen MR) is 77.5 cm³/mol. The largest absolute Gasteiger partial charge is 0.496 e. The van der Waals surface area contributed by atoms with Crippen LogP contribution in [0.5, 0.6) is 5.75 Å². The summed E-state index contributed by atoms with van der Waals surface area (Å²) in [4.78, 5) is 17.6.